The highest BCUT2D eigenvalue weighted by Gasteiger charge is 2.52. The van der Waals surface area contributed by atoms with Gasteiger partial charge in [0.25, 0.3) is 0 Å². The Hall–Kier alpha value is -2.99. The minimum Gasteiger partial charge on any atom is -0.475 e. The number of sulfonamides is 1. The molecule has 0 aliphatic carbocycles. The average Bonchev–Trinajstić information content (AvgIpc) is 3.30. The lowest BCUT2D eigenvalue weighted by molar-refractivity contribution is -0.193. The van der Waals surface area contributed by atoms with Gasteiger partial charge in [0, 0.05) is 38.9 Å². The van der Waals surface area contributed by atoms with Crippen LogP contribution in [-0.2, 0) is 31.0 Å². The van der Waals surface area contributed by atoms with Crippen molar-refractivity contribution in [1.29, 1.82) is 0 Å². The number of carboxylic acids is 2. The van der Waals surface area contributed by atoms with Crippen molar-refractivity contribution in [3.63, 3.8) is 0 Å². The molecule has 3 atom stereocenters. The Morgan fingerprint density at radius 3 is 1.95 bits per heavy atom. The van der Waals surface area contributed by atoms with Crippen molar-refractivity contribution in [1.82, 2.24) is 19.5 Å². The number of likely N-dealkylation sites (tertiary alicyclic amines) is 1. The van der Waals surface area contributed by atoms with Crippen LogP contribution >= 0.6 is 0 Å². The number of rotatable bonds is 4. The Bertz CT molecular complexity index is 1030. The molecule has 3 N–H and O–H groups in total. The van der Waals surface area contributed by atoms with Gasteiger partial charge >= 0.3 is 24.3 Å². The van der Waals surface area contributed by atoms with Gasteiger partial charge in [-0.2, -0.15) is 30.6 Å². The summed E-state index contributed by atoms with van der Waals surface area (Å²) in [7, 11) is -1.88. The lowest BCUT2D eigenvalue weighted by atomic mass is 10.0. The van der Waals surface area contributed by atoms with Crippen molar-refractivity contribution in [2.24, 2.45) is 5.92 Å². The molecule has 2 aliphatic heterocycles. The zero-order chi connectivity index (χ0) is 28.8. The number of aliphatic carboxylic acids is 2. The molecule has 210 valence electrons. The Balaban J connectivity index is 0.000000404. The maximum Gasteiger partial charge on any atom is 0.490 e. The normalized spacial score (nSPS) is 22.1. The number of likely N-dealkylation sites (N-methyl/N-ethyl adjacent to an activating group) is 1. The molecule has 3 rings (SSSR count). The standard InChI is InChI=1S/C15H22N4O3S.2C2HF3O2/c1-16-15(20)13-7-11-8-18(9-12-5-3-4-6-17-12)10-14(11)19(13)23(2,21)22;2*3-2(4,5)1(6)7/h3-6,11,13-14H,7-10H2,1-2H3,(H,16,20);2*(H,6,7)/t11-,13-,14+;;/m1../s1. The van der Waals surface area contributed by atoms with Gasteiger partial charge in [-0.3, -0.25) is 14.7 Å². The van der Waals surface area contributed by atoms with E-state index in [-0.39, 0.29) is 17.9 Å². The number of aromatic nitrogens is 1. The molecule has 0 radical (unpaired) electrons. The summed E-state index contributed by atoms with van der Waals surface area (Å²) in [5.74, 6) is -5.54. The molecule has 0 aromatic carbocycles. The predicted octanol–water partition coefficient (Wildman–Crippen LogP) is 0.928. The summed E-state index contributed by atoms with van der Waals surface area (Å²) in [5, 5.41) is 16.8. The largest absolute Gasteiger partial charge is 0.490 e. The van der Waals surface area contributed by atoms with E-state index >= 15 is 0 Å². The molecular formula is C19H24F6N4O7S. The van der Waals surface area contributed by atoms with Gasteiger partial charge in [0.2, 0.25) is 15.9 Å². The lowest BCUT2D eigenvalue weighted by Crippen LogP contribution is -2.49. The zero-order valence-corrected chi connectivity index (χ0v) is 20.1. The van der Waals surface area contributed by atoms with E-state index < -0.39 is 40.4 Å². The fourth-order valence-electron chi connectivity index (χ4n) is 3.80. The number of pyridine rings is 1. The number of nitrogens with one attached hydrogen (secondary N) is 1. The summed E-state index contributed by atoms with van der Waals surface area (Å²) in [6, 6.07) is 5.08. The smallest absolute Gasteiger partial charge is 0.475 e. The number of halogens is 6. The van der Waals surface area contributed by atoms with Gasteiger partial charge in [-0.15, -0.1) is 0 Å². The molecule has 1 amide bonds. The van der Waals surface area contributed by atoms with Crippen molar-refractivity contribution in [2.75, 3.05) is 26.4 Å². The second-order valence-electron chi connectivity index (χ2n) is 7.91. The highest BCUT2D eigenvalue weighted by atomic mass is 32.2. The molecule has 1 aromatic heterocycles. The topological polar surface area (TPSA) is 157 Å². The van der Waals surface area contributed by atoms with Crippen LogP contribution in [0.5, 0.6) is 0 Å². The molecular weight excluding hydrogens is 542 g/mol. The van der Waals surface area contributed by atoms with Crippen LogP contribution < -0.4 is 5.32 Å². The van der Waals surface area contributed by atoms with E-state index in [1.54, 1.807) is 13.2 Å². The monoisotopic (exact) mass is 566 g/mol. The molecule has 0 unspecified atom stereocenters. The van der Waals surface area contributed by atoms with Gasteiger partial charge in [-0.05, 0) is 24.5 Å². The van der Waals surface area contributed by atoms with Crippen LogP contribution in [0.1, 0.15) is 12.1 Å². The second kappa shape index (κ2) is 12.5. The molecule has 0 bridgehead atoms. The minimum atomic E-state index is -5.08. The number of hydrogen-bond donors (Lipinski definition) is 3. The van der Waals surface area contributed by atoms with Crippen molar-refractivity contribution >= 4 is 27.9 Å². The van der Waals surface area contributed by atoms with E-state index in [9.17, 15) is 39.6 Å². The van der Waals surface area contributed by atoms with Crippen LogP contribution in [-0.4, -0.2) is 101 Å². The fraction of sp³-hybridized carbons (Fsp3) is 0.579. The number of nitrogens with zero attached hydrogens (tertiary/aromatic N) is 3. The third kappa shape index (κ3) is 9.77. The zero-order valence-electron chi connectivity index (χ0n) is 19.3. The van der Waals surface area contributed by atoms with Gasteiger partial charge in [-0.25, -0.2) is 18.0 Å². The molecule has 0 spiro atoms. The molecule has 18 heteroatoms. The number of carboxylic acid groups (broad SMARTS) is 2. The number of amides is 1. The Kier molecular flexibility index (Phi) is 10.8. The van der Waals surface area contributed by atoms with Gasteiger partial charge in [0.15, 0.2) is 0 Å². The van der Waals surface area contributed by atoms with E-state index in [1.165, 1.54) is 10.6 Å². The van der Waals surface area contributed by atoms with Crippen molar-refractivity contribution in [3.8, 4) is 0 Å². The van der Waals surface area contributed by atoms with Crippen molar-refractivity contribution in [2.45, 2.75) is 37.4 Å². The predicted molar refractivity (Wildman–Crippen MR) is 113 cm³/mol. The van der Waals surface area contributed by atoms with Crippen LogP contribution in [0, 0.1) is 5.92 Å². The van der Waals surface area contributed by atoms with Crippen LogP contribution in [0.15, 0.2) is 24.4 Å². The molecule has 11 nitrogen and oxygen atoms in total. The fourth-order valence-corrected chi connectivity index (χ4v) is 5.17. The third-order valence-electron chi connectivity index (χ3n) is 5.17. The van der Waals surface area contributed by atoms with Gasteiger partial charge in [-0.1, -0.05) is 6.07 Å². The maximum atomic E-state index is 12.2. The van der Waals surface area contributed by atoms with E-state index in [4.69, 9.17) is 19.8 Å². The Morgan fingerprint density at radius 1 is 1.05 bits per heavy atom. The van der Waals surface area contributed by atoms with Crippen LogP contribution in [0.4, 0.5) is 26.3 Å². The van der Waals surface area contributed by atoms with Gasteiger partial charge in [0.05, 0.1) is 11.9 Å². The first-order valence-electron chi connectivity index (χ1n) is 10.2. The summed E-state index contributed by atoms with van der Waals surface area (Å²) in [5.41, 5.74) is 0.973. The van der Waals surface area contributed by atoms with Gasteiger partial charge < -0.3 is 15.5 Å². The first-order valence-corrected chi connectivity index (χ1v) is 12.1. The molecule has 2 saturated heterocycles. The summed E-state index contributed by atoms with van der Waals surface area (Å²) < 4.78 is 89.3. The van der Waals surface area contributed by atoms with Crippen LogP contribution in [0.2, 0.25) is 0 Å². The molecule has 2 fully saturated rings. The van der Waals surface area contributed by atoms with Gasteiger partial charge in [0.1, 0.15) is 6.04 Å². The number of fused-ring (bicyclic) bond motifs is 1. The summed E-state index contributed by atoms with van der Waals surface area (Å²) in [6.45, 7) is 2.14. The molecule has 37 heavy (non-hydrogen) atoms. The highest BCUT2D eigenvalue weighted by Crippen LogP contribution is 2.37. The maximum absolute atomic E-state index is 12.2. The molecule has 2 aliphatic rings. The Morgan fingerprint density at radius 2 is 1.57 bits per heavy atom. The molecule has 1 aromatic rings. The lowest BCUT2D eigenvalue weighted by Gasteiger charge is -2.27. The minimum absolute atomic E-state index is 0.129. The summed E-state index contributed by atoms with van der Waals surface area (Å²) in [6.07, 6.45) is -6.64. The van der Waals surface area contributed by atoms with Crippen LogP contribution in [0.25, 0.3) is 0 Å². The molecule has 3 heterocycles. The average molecular weight is 566 g/mol. The van der Waals surface area contributed by atoms with E-state index in [2.05, 4.69) is 15.2 Å². The Labute approximate surface area is 207 Å². The van der Waals surface area contributed by atoms with E-state index in [0.717, 1.165) is 12.2 Å². The summed E-state index contributed by atoms with van der Waals surface area (Å²) in [4.78, 5) is 36.4. The number of carbonyl (C=O) groups is 3. The third-order valence-corrected chi connectivity index (χ3v) is 6.46. The molecule has 0 saturated carbocycles. The van der Waals surface area contributed by atoms with Crippen LogP contribution in [0.3, 0.4) is 0 Å². The van der Waals surface area contributed by atoms with Crippen molar-refractivity contribution < 1.29 is 59.4 Å². The second-order valence-corrected chi connectivity index (χ2v) is 9.79. The highest BCUT2D eigenvalue weighted by molar-refractivity contribution is 7.88. The number of alkyl halides is 6. The first-order chi connectivity index (χ1) is 16.8. The number of carbonyl (C=O) groups excluding carboxylic acids is 1. The van der Waals surface area contributed by atoms with Crippen molar-refractivity contribution in [3.05, 3.63) is 30.1 Å². The van der Waals surface area contributed by atoms with E-state index in [1.807, 2.05) is 18.2 Å². The van der Waals surface area contributed by atoms with E-state index in [0.29, 0.717) is 19.5 Å². The first kappa shape index (κ1) is 32.0. The summed E-state index contributed by atoms with van der Waals surface area (Å²) >= 11 is 0. The SMILES string of the molecule is CNC(=O)[C@H]1C[C@@H]2CN(Cc3ccccn3)C[C@@H]2N1S(C)(=O)=O.O=C(O)C(F)(F)F.O=C(O)C(F)(F)F. The quantitative estimate of drug-likeness (QED) is 0.451. The number of hydrogen-bond acceptors (Lipinski definition) is 7.